The molecule has 1 aromatic heterocycles. The molecular weight excluding hydrogens is 674 g/mol. The molecule has 0 radical (unpaired) electrons. The van der Waals surface area contributed by atoms with Gasteiger partial charge in [-0.3, -0.25) is 9.59 Å². The largest absolute Gasteiger partial charge is 0.478 e. The number of alkyl halides is 6. The van der Waals surface area contributed by atoms with E-state index in [1.165, 1.54) is 0 Å². The predicted molar refractivity (Wildman–Crippen MR) is 154 cm³/mol. The molecule has 2 aliphatic rings. The summed E-state index contributed by atoms with van der Waals surface area (Å²) in [5.74, 6) is -9.92. The number of amides is 2. The number of allylic oxidation sites excluding steroid dienone is 1. The average Bonchev–Trinajstić information content (AvgIpc) is 3.53. The molecule has 2 fully saturated rings. The van der Waals surface area contributed by atoms with E-state index in [-0.39, 0.29) is 47.8 Å². The lowest BCUT2D eigenvalue weighted by Crippen LogP contribution is -2.48. The molecular formula is C32H25F8N3O6. The Morgan fingerprint density at radius 2 is 1.65 bits per heavy atom. The molecule has 0 unspecified atom stereocenters. The maximum absolute atomic E-state index is 14.8. The van der Waals surface area contributed by atoms with E-state index < -0.39 is 94.9 Å². The minimum absolute atomic E-state index is 0.0254. The molecule has 17 heteroatoms. The zero-order chi connectivity index (χ0) is 35.8. The number of fused-ring (bicyclic) bond motifs is 2. The van der Waals surface area contributed by atoms with E-state index in [1.807, 2.05) is 0 Å². The third-order valence-electron chi connectivity index (χ3n) is 8.32. The minimum atomic E-state index is -5.12. The summed E-state index contributed by atoms with van der Waals surface area (Å²) in [6.45, 7) is -0.899. The Kier molecular flexibility index (Phi) is 9.68. The van der Waals surface area contributed by atoms with Gasteiger partial charge >= 0.3 is 18.3 Å². The van der Waals surface area contributed by atoms with E-state index in [0.29, 0.717) is 12.1 Å². The molecule has 2 bridgehead atoms. The van der Waals surface area contributed by atoms with Gasteiger partial charge in [-0.1, -0.05) is 5.57 Å². The van der Waals surface area contributed by atoms with E-state index in [4.69, 9.17) is 4.74 Å². The molecule has 0 aliphatic heterocycles. The number of ether oxygens (including phenoxy) is 1. The number of rotatable bonds is 9. The maximum Gasteiger partial charge on any atom is 0.419 e. The first-order valence-electron chi connectivity index (χ1n) is 14.5. The SMILES string of the molecule is O=C(O)c1ccc(F)c(-c2cnc(OCCO)c(C(=O)N[C@H]3[C@@H](C(=O)Nc4ccc(F)c(C(F)(F)F)c4)[C@H]4CC[C@@H]3/C4=C\C(F)(F)F)c2)c1. The first kappa shape index (κ1) is 35.3. The van der Waals surface area contributed by atoms with Crippen molar-refractivity contribution in [2.24, 2.45) is 17.8 Å². The van der Waals surface area contributed by atoms with Crippen LogP contribution in [0.3, 0.4) is 0 Å². The molecule has 1 heterocycles. The summed E-state index contributed by atoms with van der Waals surface area (Å²) in [4.78, 5) is 42.8. The number of hydrogen-bond acceptors (Lipinski definition) is 6. The van der Waals surface area contributed by atoms with Crippen LogP contribution in [0.1, 0.15) is 39.1 Å². The van der Waals surface area contributed by atoms with E-state index in [2.05, 4.69) is 15.6 Å². The second-order valence-corrected chi connectivity index (χ2v) is 11.3. The van der Waals surface area contributed by atoms with E-state index in [1.54, 1.807) is 0 Å². The highest BCUT2D eigenvalue weighted by Crippen LogP contribution is 2.54. The highest BCUT2D eigenvalue weighted by molar-refractivity contribution is 6.00. The fraction of sp³-hybridized carbons (Fsp3) is 0.312. The summed E-state index contributed by atoms with van der Waals surface area (Å²) in [5.41, 5.74) is -3.47. The minimum Gasteiger partial charge on any atom is -0.478 e. The summed E-state index contributed by atoms with van der Waals surface area (Å²) in [6, 6.07) is 4.24. The van der Waals surface area contributed by atoms with Gasteiger partial charge in [0.05, 0.1) is 23.7 Å². The fourth-order valence-electron chi connectivity index (χ4n) is 6.36. The topological polar surface area (TPSA) is 138 Å². The molecule has 5 rings (SSSR count). The van der Waals surface area contributed by atoms with Crippen molar-refractivity contribution in [3.05, 3.63) is 88.6 Å². The van der Waals surface area contributed by atoms with Gasteiger partial charge in [-0.15, -0.1) is 0 Å². The highest BCUT2D eigenvalue weighted by Gasteiger charge is 2.56. The standard InChI is InChI=1S/C32H25F8N3O6/c33-23-5-1-14(30(47)48)9-19(23)15-10-20(29(41-13-15)49-8-7-44)27(45)43-26-18-4-3-17(21(18)12-31(35,36)37)25(26)28(46)42-16-2-6-24(34)22(11-16)32(38,39)40/h1-2,5-6,9-13,17-18,25-26,44H,3-4,7-8H2,(H,42,46)(H,43,45)(H,47,48)/b21-12-/t17-,18+,25-,26+/m0/s1. The van der Waals surface area contributed by atoms with Crippen LogP contribution < -0.4 is 15.4 Å². The zero-order valence-corrected chi connectivity index (χ0v) is 24.8. The van der Waals surface area contributed by atoms with Crippen LogP contribution in [0.4, 0.5) is 40.8 Å². The molecule has 4 atom stereocenters. The van der Waals surface area contributed by atoms with E-state index in [9.17, 15) is 59.7 Å². The number of carbonyl (C=O) groups excluding carboxylic acids is 2. The zero-order valence-electron chi connectivity index (χ0n) is 24.8. The van der Waals surface area contributed by atoms with Crippen molar-refractivity contribution >= 4 is 23.5 Å². The number of nitrogens with zero attached hydrogens (tertiary/aromatic N) is 1. The van der Waals surface area contributed by atoms with Crippen LogP contribution in [0.2, 0.25) is 0 Å². The van der Waals surface area contributed by atoms with Crippen molar-refractivity contribution in [1.29, 1.82) is 0 Å². The number of benzene rings is 2. The Morgan fingerprint density at radius 3 is 2.31 bits per heavy atom. The second-order valence-electron chi connectivity index (χ2n) is 11.3. The van der Waals surface area contributed by atoms with Crippen LogP contribution in [-0.4, -0.2) is 58.4 Å². The van der Waals surface area contributed by atoms with Crippen LogP contribution in [0, 0.1) is 29.4 Å². The van der Waals surface area contributed by atoms with Crippen molar-refractivity contribution in [2.75, 3.05) is 18.5 Å². The lowest BCUT2D eigenvalue weighted by molar-refractivity contribution is -0.140. The third kappa shape index (κ3) is 7.50. The summed E-state index contributed by atoms with van der Waals surface area (Å²) in [5, 5.41) is 23.3. The lowest BCUT2D eigenvalue weighted by atomic mass is 9.83. The number of nitrogens with one attached hydrogen (secondary N) is 2. The van der Waals surface area contributed by atoms with Gasteiger partial charge < -0.3 is 25.6 Å². The quantitative estimate of drug-likeness (QED) is 0.159. The summed E-state index contributed by atoms with van der Waals surface area (Å²) in [7, 11) is 0. The molecule has 49 heavy (non-hydrogen) atoms. The maximum atomic E-state index is 14.8. The highest BCUT2D eigenvalue weighted by atomic mass is 19.4. The molecule has 2 aliphatic carbocycles. The second kappa shape index (κ2) is 13.4. The Hall–Kier alpha value is -5.06. The third-order valence-corrected chi connectivity index (χ3v) is 8.32. The van der Waals surface area contributed by atoms with E-state index in [0.717, 1.165) is 36.5 Å². The first-order valence-corrected chi connectivity index (χ1v) is 14.5. The van der Waals surface area contributed by atoms with Gasteiger partial charge in [0.2, 0.25) is 11.8 Å². The van der Waals surface area contributed by atoms with Crippen molar-refractivity contribution in [3.63, 3.8) is 0 Å². The van der Waals surface area contributed by atoms with Crippen molar-refractivity contribution < 1.29 is 64.5 Å². The normalized spacial score (nSPS) is 21.1. The van der Waals surface area contributed by atoms with Gasteiger partial charge in [0.15, 0.2) is 0 Å². The first-order chi connectivity index (χ1) is 23.0. The summed E-state index contributed by atoms with van der Waals surface area (Å²) >= 11 is 0. The van der Waals surface area contributed by atoms with Gasteiger partial charge in [0.25, 0.3) is 5.91 Å². The molecule has 9 nitrogen and oxygen atoms in total. The van der Waals surface area contributed by atoms with Gasteiger partial charge in [-0.2, -0.15) is 26.3 Å². The number of carboxylic acid groups (broad SMARTS) is 1. The lowest BCUT2D eigenvalue weighted by Gasteiger charge is -2.30. The van der Waals surface area contributed by atoms with Gasteiger partial charge in [-0.25, -0.2) is 18.6 Å². The molecule has 2 amide bonds. The van der Waals surface area contributed by atoms with Crippen LogP contribution in [0.15, 0.2) is 60.3 Å². The van der Waals surface area contributed by atoms with Crippen molar-refractivity contribution in [2.45, 2.75) is 31.2 Å². The number of aliphatic hydroxyl groups is 1. The molecule has 2 aromatic carbocycles. The average molecular weight is 700 g/mol. The smallest absolute Gasteiger partial charge is 0.419 e. The molecule has 4 N–H and O–H groups in total. The summed E-state index contributed by atoms with van der Waals surface area (Å²) < 4.78 is 115. The Morgan fingerprint density at radius 1 is 0.959 bits per heavy atom. The Balaban J connectivity index is 1.52. The Labute approximate surface area is 271 Å². The molecule has 2 saturated carbocycles. The van der Waals surface area contributed by atoms with Gasteiger partial charge in [0, 0.05) is 41.0 Å². The predicted octanol–water partition coefficient (Wildman–Crippen LogP) is 6.00. The number of hydrogen-bond donors (Lipinski definition) is 4. The van der Waals surface area contributed by atoms with Crippen LogP contribution in [0.5, 0.6) is 5.88 Å². The molecule has 0 saturated heterocycles. The van der Waals surface area contributed by atoms with Crippen molar-refractivity contribution in [1.82, 2.24) is 10.3 Å². The van der Waals surface area contributed by atoms with E-state index >= 15 is 0 Å². The monoisotopic (exact) mass is 699 g/mol. The number of halogens is 8. The number of anilines is 1. The molecule has 260 valence electrons. The Bertz CT molecular complexity index is 1830. The molecule has 0 spiro atoms. The number of carbonyl (C=O) groups is 3. The summed E-state index contributed by atoms with van der Waals surface area (Å²) in [6.07, 6.45) is -8.66. The van der Waals surface area contributed by atoms with Gasteiger partial charge in [0.1, 0.15) is 23.8 Å². The number of aromatic nitrogens is 1. The van der Waals surface area contributed by atoms with Crippen LogP contribution in [0.25, 0.3) is 11.1 Å². The number of aromatic carboxylic acids is 1. The van der Waals surface area contributed by atoms with Gasteiger partial charge in [-0.05, 0) is 61.2 Å². The number of carboxylic acids is 1. The van der Waals surface area contributed by atoms with Crippen LogP contribution in [-0.2, 0) is 11.0 Å². The van der Waals surface area contributed by atoms with Crippen LogP contribution >= 0.6 is 0 Å². The molecule has 3 aromatic rings. The van der Waals surface area contributed by atoms with Crippen molar-refractivity contribution in [3.8, 4) is 17.0 Å². The number of aliphatic hydroxyl groups excluding tert-OH is 1. The number of pyridine rings is 1. The fourth-order valence-corrected chi connectivity index (χ4v) is 6.36.